The Morgan fingerprint density at radius 2 is 2.14 bits per heavy atom. The molecule has 21 heavy (non-hydrogen) atoms. The molecule has 1 heterocycles. The second kappa shape index (κ2) is 12.9. The van der Waals surface area contributed by atoms with Crippen LogP contribution in [-0.2, 0) is 14.3 Å². The van der Waals surface area contributed by atoms with Crippen molar-refractivity contribution in [2.24, 2.45) is 5.73 Å². The maximum atomic E-state index is 11.4. The summed E-state index contributed by atoms with van der Waals surface area (Å²) in [5.41, 5.74) is 5.27. The zero-order chi connectivity index (χ0) is 15.2. The number of rotatable bonds is 12. The van der Waals surface area contributed by atoms with Crippen molar-refractivity contribution in [1.29, 1.82) is 0 Å². The first-order valence-corrected chi connectivity index (χ1v) is 8.97. The first-order valence-electron chi connectivity index (χ1n) is 6.65. The number of nitrogens with one attached hydrogen (secondary N) is 1. The van der Waals surface area contributed by atoms with Gasteiger partial charge in [-0.05, 0) is 22.9 Å². The van der Waals surface area contributed by atoms with E-state index in [0.717, 1.165) is 10.8 Å². The second-order valence-corrected chi connectivity index (χ2v) is 6.31. The Kier molecular flexibility index (Phi) is 11.2. The standard InChI is InChI=1S/C13H21N3O3S2/c14-4-7-18-8-9-19-11-12(17)15-6-10-20-21-13-3-1-2-5-16-13/h1-3,5H,4,6-11,14H2,(H,15,17). The summed E-state index contributed by atoms with van der Waals surface area (Å²) in [7, 11) is 3.25. The van der Waals surface area contributed by atoms with Gasteiger partial charge < -0.3 is 20.5 Å². The molecule has 0 radical (unpaired) electrons. The van der Waals surface area contributed by atoms with E-state index in [2.05, 4.69) is 10.3 Å². The number of pyridine rings is 1. The Balaban J connectivity index is 1.89. The van der Waals surface area contributed by atoms with Gasteiger partial charge in [0.2, 0.25) is 5.91 Å². The van der Waals surface area contributed by atoms with E-state index >= 15 is 0 Å². The van der Waals surface area contributed by atoms with E-state index < -0.39 is 0 Å². The number of nitrogens with two attached hydrogens (primary N) is 1. The van der Waals surface area contributed by atoms with Gasteiger partial charge in [0.05, 0.1) is 19.8 Å². The van der Waals surface area contributed by atoms with Gasteiger partial charge in [-0.3, -0.25) is 4.79 Å². The highest BCUT2D eigenvalue weighted by Gasteiger charge is 2.01. The molecule has 8 heteroatoms. The summed E-state index contributed by atoms with van der Waals surface area (Å²) in [5, 5.41) is 3.76. The number of carbonyl (C=O) groups excluding carboxylic acids is 1. The number of hydrogen-bond donors (Lipinski definition) is 2. The largest absolute Gasteiger partial charge is 0.378 e. The lowest BCUT2D eigenvalue weighted by Crippen LogP contribution is -2.30. The lowest BCUT2D eigenvalue weighted by Gasteiger charge is -2.06. The molecule has 3 N–H and O–H groups in total. The summed E-state index contributed by atoms with van der Waals surface area (Å²) in [6.07, 6.45) is 1.76. The van der Waals surface area contributed by atoms with Crippen molar-refractivity contribution in [1.82, 2.24) is 10.3 Å². The molecule has 0 unspecified atom stereocenters. The second-order valence-electron chi connectivity index (χ2n) is 3.88. The van der Waals surface area contributed by atoms with Crippen LogP contribution in [0.5, 0.6) is 0 Å². The summed E-state index contributed by atoms with van der Waals surface area (Å²) < 4.78 is 10.3. The maximum absolute atomic E-state index is 11.4. The van der Waals surface area contributed by atoms with Crippen molar-refractivity contribution in [3.8, 4) is 0 Å². The van der Waals surface area contributed by atoms with E-state index in [-0.39, 0.29) is 12.5 Å². The maximum Gasteiger partial charge on any atom is 0.246 e. The Labute approximate surface area is 132 Å². The average molecular weight is 331 g/mol. The third-order valence-corrected chi connectivity index (χ3v) is 4.42. The zero-order valence-corrected chi connectivity index (χ0v) is 13.5. The molecular weight excluding hydrogens is 310 g/mol. The van der Waals surface area contributed by atoms with Gasteiger partial charge in [-0.1, -0.05) is 16.9 Å². The predicted molar refractivity (Wildman–Crippen MR) is 86.3 cm³/mol. The molecule has 1 amide bonds. The van der Waals surface area contributed by atoms with Crippen LogP contribution in [0.2, 0.25) is 0 Å². The molecule has 0 saturated heterocycles. The smallest absolute Gasteiger partial charge is 0.246 e. The molecule has 1 aromatic rings. The third kappa shape index (κ3) is 10.6. The monoisotopic (exact) mass is 331 g/mol. The topological polar surface area (TPSA) is 86.5 Å². The van der Waals surface area contributed by atoms with Crippen molar-refractivity contribution in [3.05, 3.63) is 24.4 Å². The number of ether oxygens (including phenoxy) is 2. The van der Waals surface area contributed by atoms with Gasteiger partial charge in [0, 0.05) is 25.0 Å². The fourth-order valence-electron chi connectivity index (χ4n) is 1.25. The molecule has 1 rings (SSSR count). The highest BCUT2D eigenvalue weighted by atomic mass is 33.1. The quantitative estimate of drug-likeness (QED) is 0.435. The number of carbonyl (C=O) groups is 1. The summed E-state index contributed by atoms with van der Waals surface area (Å²) in [5.74, 6) is 0.698. The van der Waals surface area contributed by atoms with Crippen molar-refractivity contribution in [3.63, 3.8) is 0 Å². The van der Waals surface area contributed by atoms with Crippen molar-refractivity contribution in [2.75, 3.05) is 45.3 Å². The van der Waals surface area contributed by atoms with Crippen LogP contribution in [0.4, 0.5) is 0 Å². The van der Waals surface area contributed by atoms with Crippen molar-refractivity contribution < 1.29 is 14.3 Å². The molecule has 0 fully saturated rings. The third-order valence-electron chi connectivity index (χ3n) is 2.16. The summed E-state index contributed by atoms with van der Waals surface area (Å²) in [6, 6.07) is 5.79. The van der Waals surface area contributed by atoms with Gasteiger partial charge in [-0.25, -0.2) is 4.98 Å². The minimum Gasteiger partial charge on any atom is -0.378 e. The minimum absolute atomic E-state index is 0.0596. The van der Waals surface area contributed by atoms with Crippen molar-refractivity contribution >= 4 is 27.5 Å². The van der Waals surface area contributed by atoms with Gasteiger partial charge >= 0.3 is 0 Å². The fraction of sp³-hybridized carbons (Fsp3) is 0.538. The van der Waals surface area contributed by atoms with E-state index in [4.69, 9.17) is 15.2 Å². The first kappa shape index (κ1) is 18.2. The van der Waals surface area contributed by atoms with Crippen LogP contribution in [0, 0.1) is 0 Å². The minimum atomic E-state index is -0.114. The van der Waals surface area contributed by atoms with Gasteiger partial charge in [0.25, 0.3) is 0 Å². The lowest BCUT2D eigenvalue weighted by molar-refractivity contribution is -0.126. The molecule has 0 bridgehead atoms. The van der Waals surface area contributed by atoms with E-state index in [0.29, 0.717) is 32.9 Å². The van der Waals surface area contributed by atoms with Crippen LogP contribution in [0.1, 0.15) is 0 Å². The predicted octanol–water partition coefficient (Wildman–Crippen LogP) is 0.930. The molecule has 0 aliphatic carbocycles. The van der Waals surface area contributed by atoms with Crippen LogP contribution < -0.4 is 11.1 Å². The molecule has 0 atom stereocenters. The van der Waals surface area contributed by atoms with Gasteiger partial charge in [-0.2, -0.15) is 0 Å². The Morgan fingerprint density at radius 3 is 2.90 bits per heavy atom. The molecule has 0 aromatic carbocycles. The molecule has 1 aromatic heterocycles. The molecule has 0 spiro atoms. The van der Waals surface area contributed by atoms with E-state index in [1.807, 2.05) is 18.2 Å². The molecule has 0 saturated carbocycles. The van der Waals surface area contributed by atoms with Crippen LogP contribution >= 0.6 is 21.6 Å². The number of hydrogen-bond acceptors (Lipinski definition) is 7. The van der Waals surface area contributed by atoms with E-state index in [1.165, 1.54) is 0 Å². The number of nitrogens with zero attached hydrogens (tertiary/aromatic N) is 1. The first-order chi connectivity index (χ1) is 10.3. The van der Waals surface area contributed by atoms with Crippen LogP contribution in [0.3, 0.4) is 0 Å². The molecule has 118 valence electrons. The summed E-state index contributed by atoms with van der Waals surface area (Å²) in [4.78, 5) is 15.6. The average Bonchev–Trinajstić information content (AvgIpc) is 2.51. The van der Waals surface area contributed by atoms with Gasteiger partial charge in [0.15, 0.2) is 0 Å². The van der Waals surface area contributed by atoms with Crippen molar-refractivity contribution in [2.45, 2.75) is 5.03 Å². The molecule has 6 nitrogen and oxygen atoms in total. The molecule has 0 aliphatic rings. The van der Waals surface area contributed by atoms with E-state index in [1.54, 1.807) is 27.8 Å². The SMILES string of the molecule is NCCOCCOCC(=O)NCCSSc1ccccn1. The highest BCUT2D eigenvalue weighted by Crippen LogP contribution is 2.28. The fourth-order valence-corrected chi connectivity index (χ4v) is 3.04. The number of aromatic nitrogens is 1. The Morgan fingerprint density at radius 1 is 1.29 bits per heavy atom. The summed E-state index contributed by atoms with van der Waals surface area (Å²) >= 11 is 0. The zero-order valence-electron chi connectivity index (χ0n) is 11.8. The lowest BCUT2D eigenvalue weighted by atomic mass is 10.5. The Bertz CT molecular complexity index is 382. The normalized spacial score (nSPS) is 10.5. The van der Waals surface area contributed by atoms with Crippen LogP contribution in [0.15, 0.2) is 29.4 Å². The van der Waals surface area contributed by atoms with Gasteiger partial charge in [-0.15, -0.1) is 0 Å². The summed E-state index contributed by atoms with van der Waals surface area (Å²) in [6.45, 7) is 2.54. The van der Waals surface area contributed by atoms with Crippen LogP contribution in [-0.4, -0.2) is 56.2 Å². The molecular formula is C13H21N3O3S2. The molecule has 0 aliphatic heterocycles. The highest BCUT2D eigenvalue weighted by molar-refractivity contribution is 8.76. The number of amides is 1. The van der Waals surface area contributed by atoms with E-state index in [9.17, 15) is 4.79 Å². The Hall–Kier alpha value is -0.800. The van der Waals surface area contributed by atoms with Crippen LogP contribution in [0.25, 0.3) is 0 Å². The van der Waals surface area contributed by atoms with Gasteiger partial charge in [0.1, 0.15) is 11.6 Å².